The van der Waals surface area contributed by atoms with Crippen LogP contribution in [0.1, 0.15) is 10.4 Å². The lowest BCUT2D eigenvalue weighted by Gasteiger charge is -2.26. The Morgan fingerprint density at radius 2 is 1.56 bits per heavy atom. The van der Waals surface area contributed by atoms with E-state index in [0.717, 1.165) is 0 Å². The van der Waals surface area contributed by atoms with Crippen LogP contribution in [0.3, 0.4) is 0 Å². The lowest BCUT2D eigenvalue weighted by atomic mass is 10.1. The summed E-state index contributed by atoms with van der Waals surface area (Å²) < 4.78 is 22.6. The highest BCUT2D eigenvalue weighted by molar-refractivity contribution is 7.91. The zero-order valence-electron chi connectivity index (χ0n) is 9.80. The van der Waals surface area contributed by atoms with Gasteiger partial charge in [-0.25, -0.2) is 8.42 Å². The largest absolute Gasteiger partial charge is 0.399 e. The summed E-state index contributed by atoms with van der Waals surface area (Å²) in [7, 11) is -2.99. The molecule has 0 spiro atoms. The van der Waals surface area contributed by atoms with Crippen molar-refractivity contribution in [2.75, 3.05) is 36.1 Å². The molecule has 0 bridgehead atoms. The SMILES string of the molecule is Nc1cc(N)cc(C(=O)N2CCS(=O)(=O)CC2)c1. The first kappa shape index (κ1) is 12.7. The first-order chi connectivity index (χ1) is 8.37. The number of hydrogen-bond acceptors (Lipinski definition) is 5. The minimum Gasteiger partial charge on any atom is -0.399 e. The van der Waals surface area contributed by atoms with Crippen LogP contribution in [0.4, 0.5) is 11.4 Å². The zero-order chi connectivity index (χ0) is 13.3. The summed E-state index contributed by atoms with van der Waals surface area (Å²) in [5.41, 5.74) is 12.5. The highest BCUT2D eigenvalue weighted by Crippen LogP contribution is 2.16. The zero-order valence-corrected chi connectivity index (χ0v) is 10.6. The predicted octanol–water partition coefficient (Wildman–Crippen LogP) is -0.278. The van der Waals surface area contributed by atoms with Gasteiger partial charge in [-0.05, 0) is 18.2 Å². The van der Waals surface area contributed by atoms with Crippen molar-refractivity contribution in [3.63, 3.8) is 0 Å². The predicted molar refractivity (Wildman–Crippen MR) is 69.8 cm³/mol. The smallest absolute Gasteiger partial charge is 0.254 e. The van der Waals surface area contributed by atoms with Crippen LogP contribution in [0.15, 0.2) is 18.2 Å². The van der Waals surface area contributed by atoms with Gasteiger partial charge in [0.15, 0.2) is 9.84 Å². The van der Waals surface area contributed by atoms with Crippen LogP contribution in [0, 0.1) is 0 Å². The average Bonchev–Trinajstić information content (AvgIpc) is 2.27. The molecular weight excluding hydrogens is 254 g/mol. The molecule has 4 N–H and O–H groups in total. The molecule has 1 amide bonds. The molecule has 1 fully saturated rings. The molecule has 7 heteroatoms. The van der Waals surface area contributed by atoms with Crippen molar-refractivity contribution in [2.45, 2.75) is 0 Å². The maximum atomic E-state index is 12.1. The Hall–Kier alpha value is -1.76. The Labute approximate surface area is 105 Å². The number of benzene rings is 1. The summed E-state index contributed by atoms with van der Waals surface area (Å²) in [6, 6.07) is 4.65. The molecule has 0 radical (unpaired) electrons. The van der Waals surface area contributed by atoms with Crippen molar-refractivity contribution in [2.24, 2.45) is 0 Å². The van der Waals surface area contributed by atoms with Crippen LogP contribution < -0.4 is 11.5 Å². The molecule has 1 aromatic carbocycles. The molecule has 98 valence electrons. The maximum Gasteiger partial charge on any atom is 0.254 e. The topological polar surface area (TPSA) is 106 Å². The number of carbonyl (C=O) groups excluding carboxylic acids is 1. The van der Waals surface area contributed by atoms with Crippen LogP contribution in [-0.4, -0.2) is 43.8 Å². The number of amides is 1. The Morgan fingerprint density at radius 3 is 2.06 bits per heavy atom. The van der Waals surface area contributed by atoms with Crippen molar-refractivity contribution in [3.8, 4) is 0 Å². The third-order valence-corrected chi connectivity index (χ3v) is 4.47. The highest BCUT2D eigenvalue weighted by atomic mass is 32.2. The van der Waals surface area contributed by atoms with E-state index in [4.69, 9.17) is 11.5 Å². The Balaban J connectivity index is 2.17. The van der Waals surface area contributed by atoms with Gasteiger partial charge in [0.05, 0.1) is 11.5 Å². The Morgan fingerprint density at radius 1 is 1.06 bits per heavy atom. The van der Waals surface area contributed by atoms with E-state index in [2.05, 4.69) is 0 Å². The maximum absolute atomic E-state index is 12.1. The molecule has 18 heavy (non-hydrogen) atoms. The second kappa shape index (κ2) is 4.49. The summed E-state index contributed by atoms with van der Waals surface area (Å²) in [6.07, 6.45) is 0. The number of nitrogens with zero attached hydrogens (tertiary/aromatic N) is 1. The van der Waals surface area contributed by atoms with Gasteiger partial charge in [-0.1, -0.05) is 0 Å². The number of hydrogen-bond donors (Lipinski definition) is 2. The van der Waals surface area contributed by atoms with Crippen LogP contribution in [0.25, 0.3) is 0 Å². The monoisotopic (exact) mass is 269 g/mol. The quantitative estimate of drug-likeness (QED) is 0.682. The lowest BCUT2D eigenvalue weighted by molar-refractivity contribution is 0.0770. The van der Waals surface area contributed by atoms with E-state index in [-0.39, 0.29) is 30.5 Å². The highest BCUT2D eigenvalue weighted by Gasteiger charge is 2.25. The summed E-state index contributed by atoms with van der Waals surface area (Å²) in [5, 5.41) is 0. The summed E-state index contributed by atoms with van der Waals surface area (Å²) in [4.78, 5) is 13.6. The average molecular weight is 269 g/mol. The molecule has 1 aliphatic heterocycles. The molecule has 0 unspecified atom stereocenters. The number of sulfone groups is 1. The minimum atomic E-state index is -2.99. The molecule has 0 atom stereocenters. The fourth-order valence-electron chi connectivity index (χ4n) is 1.90. The van der Waals surface area contributed by atoms with E-state index in [0.29, 0.717) is 16.9 Å². The fourth-order valence-corrected chi connectivity index (χ4v) is 3.10. The third-order valence-electron chi connectivity index (χ3n) is 2.86. The van der Waals surface area contributed by atoms with Crippen molar-refractivity contribution in [1.82, 2.24) is 4.90 Å². The number of rotatable bonds is 1. The summed E-state index contributed by atoms with van der Waals surface area (Å²) >= 11 is 0. The number of nitrogens with two attached hydrogens (primary N) is 2. The van der Waals surface area contributed by atoms with Crippen LogP contribution in [0.2, 0.25) is 0 Å². The van der Waals surface area contributed by atoms with Gasteiger partial charge >= 0.3 is 0 Å². The van der Waals surface area contributed by atoms with E-state index in [9.17, 15) is 13.2 Å². The van der Waals surface area contributed by atoms with Crippen molar-refractivity contribution in [1.29, 1.82) is 0 Å². The molecule has 1 aliphatic rings. The number of carbonyl (C=O) groups is 1. The van der Waals surface area contributed by atoms with Crippen molar-refractivity contribution < 1.29 is 13.2 Å². The van der Waals surface area contributed by atoms with E-state index in [1.165, 1.54) is 4.90 Å². The van der Waals surface area contributed by atoms with Gasteiger partial charge in [0.2, 0.25) is 0 Å². The first-order valence-electron chi connectivity index (χ1n) is 5.53. The Kier molecular flexibility index (Phi) is 3.16. The first-order valence-corrected chi connectivity index (χ1v) is 7.35. The molecule has 6 nitrogen and oxygen atoms in total. The van der Waals surface area contributed by atoms with Gasteiger partial charge in [-0.2, -0.15) is 0 Å². The number of anilines is 2. The standard InChI is InChI=1S/C11H15N3O3S/c12-9-5-8(6-10(13)7-9)11(15)14-1-3-18(16,17)4-2-14/h5-7H,1-4,12-13H2. The van der Waals surface area contributed by atoms with Gasteiger partial charge in [0.25, 0.3) is 5.91 Å². The number of nitrogen functional groups attached to an aromatic ring is 2. The van der Waals surface area contributed by atoms with Gasteiger partial charge in [0, 0.05) is 30.0 Å². The van der Waals surface area contributed by atoms with E-state index in [1.54, 1.807) is 18.2 Å². The molecule has 1 aromatic rings. The van der Waals surface area contributed by atoms with E-state index < -0.39 is 9.84 Å². The van der Waals surface area contributed by atoms with Crippen molar-refractivity contribution in [3.05, 3.63) is 23.8 Å². The van der Waals surface area contributed by atoms with E-state index in [1.807, 2.05) is 0 Å². The van der Waals surface area contributed by atoms with Crippen molar-refractivity contribution >= 4 is 27.1 Å². The minimum absolute atomic E-state index is 0.0105. The summed E-state index contributed by atoms with van der Waals surface area (Å²) in [5.74, 6) is -0.212. The van der Waals surface area contributed by atoms with E-state index >= 15 is 0 Å². The lowest BCUT2D eigenvalue weighted by Crippen LogP contribution is -2.43. The third kappa shape index (κ3) is 2.73. The van der Waals surface area contributed by atoms with Gasteiger partial charge in [0.1, 0.15) is 0 Å². The van der Waals surface area contributed by atoms with Gasteiger partial charge in [-0.15, -0.1) is 0 Å². The normalized spacial score (nSPS) is 18.6. The molecule has 2 rings (SSSR count). The van der Waals surface area contributed by atoms with Crippen LogP contribution >= 0.6 is 0 Å². The Bertz CT molecular complexity index is 549. The second-order valence-corrected chi connectivity index (χ2v) is 6.64. The van der Waals surface area contributed by atoms with Gasteiger partial charge < -0.3 is 16.4 Å². The van der Waals surface area contributed by atoms with Crippen LogP contribution in [-0.2, 0) is 9.84 Å². The fraction of sp³-hybridized carbons (Fsp3) is 0.364. The van der Waals surface area contributed by atoms with Gasteiger partial charge in [-0.3, -0.25) is 4.79 Å². The molecule has 1 saturated heterocycles. The molecule has 0 aromatic heterocycles. The molecule has 0 saturated carbocycles. The second-order valence-electron chi connectivity index (χ2n) is 4.33. The molecular formula is C11H15N3O3S. The van der Waals surface area contributed by atoms with Crippen LogP contribution in [0.5, 0.6) is 0 Å². The summed E-state index contributed by atoms with van der Waals surface area (Å²) in [6.45, 7) is 0.436. The molecule has 0 aliphatic carbocycles. The molecule has 1 heterocycles.